The van der Waals surface area contributed by atoms with Gasteiger partial charge in [-0.05, 0) is 54.8 Å². The Bertz CT molecular complexity index is 1010. The van der Waals surface area contributed by atoms with Gasteiger partial charge in [-0.25, -0.2) is 8.42 Å². The average molecular weight is 435 g/mol. The number of rotatable bonds is 9. The van der Waals surface area contributed by atoms with Crippen LogP contribution in [0.25, 0.3) is 0 Å². The van der Waals surface area contributed by atoms with Gasteiger partial charge >= 0.3 is 0 Å². The number of carbonyl (C=O) groups is 1. The van der Waals surface area contributed by atoms with E-state index in [1.54, 1.807) is 45.2 Å². The van der Waals surface area contributed by atoms with E-state index in [1.807, 2.05) is 13.8 Å². The molecule has 1 N–H and O–H groups in total. The van der Waals surface area contributed by atoms with Crippen molar-refractivity contribution in [3.05, 3.63) is 47.0 Å². The Balaban J connectivity index is 2.30. The first kappa shape index (κ1) is 23.7. The number of nitrogens with one attached hydrogen (secondary N) is 1. The maximum atomic E-state index is 12.9. The molecule has 0 saturated heterocycles. The van der Waals surface area contributed by atoms with Crippen molar-refractivity contribution < 1.29 is 22.7 Å². The van der Waals surface area contributed by atoms with Crippen LogP contribution in [0.5, 0.6) is 11.5 Å². The molecule has 2 aromatic rings. The van der Waals surface area contributed by atoms with Crippen molar-refractivity contribution in [2.75, 3.05) is 32.6 Å². The first-order chi connectivity index (χ1) is 14.2. The van der Waals surface area contributed by atoms with E-state index in [1.165, 1.54) is 17.5 Å². The molecule has 0 aliphatic carbocycles. The third-order valence-electron chi connectivity index (χ3n) is 5.07. The van der Waals surface area contributed by atoms with E-state index < -0.39 is 10.0 Å². The van der Waals surface area contributed by atoms with Crippen molar-refractivity contribution in [2.24, 2.45) is 0 Å². The molecule has 0 atom stereocenters. The Morgan fingerprint density at radius 3 is 2.20 bits per heavy atom. The largest absolute Gasteiger partial charge is 0.493 e. The lowest BCUT2D eigenvalue weighted by atomic mass is 10.1. The van der Waals surface area contributed by atoms with Crippen molar-refractivity contribution in [3.63, 3.8) is 0 Å². The molecular weight excluding hydrogens is 404 g/mol. The van der Waals surface area contributed by atoms with Gasteiger partial charge in [0, 0.05) is 18.8 Å². The Morgan fingerprint density at radius 2 is 1.63 bits per heavy atom. The molecule has 0 aliphatic rings. The molecule has 0 aliphatic heterocycles. The summed E-state index contributed by atoms with van der Waals surface area (Å²) in [5.41, 5.74) is 2.87. The number of benzene rings is 2. The fourth-order valence-electron chi connectivity index (χ4n) is 3.19. The van der Waals surface area contributed by atoms with E-state index in [0.717, 1.165) is 16.7 Å². The predicted molar refractivity (Wildman–Crippen MR) is 118 cm³/mol. The maximum absolute atomic E-state index is 12.9. The van der Waals surface area contributed by atoms with Crippen LogP contribution in [-0.2, 0) is 21.2 Å². The van der Waals surface area contributed by atoms with Crippen LogP contribution in [0.1, 0.15) is 30.5 Å². The first-order valence-corrected chi connectivity index (χ1v) is 11.2. The van der Waals surface area contributed by atoms with Gasteiger partial charge in [0.25, 0.3) is 0 Å². The van der Waals surface area contributed by atoms with E-state index >= 15 is 0 Å². The second kappa shape index (κ2) is 9.95. The van der Waals surface area contributed by atoms with Crippen molar-refractivity contribution in [3.8, 4) is 11.5 Å². The second-order valence-electron chi connectivity index (χ2n) is 6.92. The molecule has 2 rings (SSSR count). The highest BCUT2D eigenvalue weighted by Crippen LogP contribution is 2.29. The zero-order chi connectivity index (χ0) is 22.5. The molecule has 30 heavy (non-hydrogen) atoms. The number of hydrogen-bond donors (Lipinski definition) is 1. The standard InChI is InChI=1S/C22H30N2O5S/c1-7-24(8-2)30(26,27)18-11-15(3)16(4)19(14-18)23-22(25)13-17-9-10-20(28-5)21(12-17)29-6/h9-12,14H,7-8,13H2,1-6H3,(H,23,25). The topological polar surface area (TPSA) is 84.9 Å². The van der Waals surface area contributed by atoms with Gasteiger partial charge in [0.2, 0.25) is 15.9 Å². The fraction of sp³-hybridized carbons (Fsp3) is 0.409. The molecule has 0 radical (unpaired) electrons. The number of carbonyl (C=O) groups excluding carboxylic acids is 1. The molecule has 7 nitrogen and oxygen atoms in total. The predicted octanol–water partition coefficient (Wildman–Crippen LogP) is 3.53. The first-order valence-electron chi connectivity index (χ1n) is 9.80. The van der Waals surface area contributed by atoms with Gasteiger partial charge in [-0.3, -0.25) is 4.79 Å². The highest BCUT2D eigenvalue weighted by Gasteiger charge is 2.23. The van der Waals surface area contributed by atoms with Crippen molar-refractivity contribution in [1.82, 2.24) is 4.31 Å². The molecule has 0 saturated carbocycles. The highest BCUT2D eigenvalue weighted by atomic mass is 32.2. The maximum Gasteiger partial charge on any atom is 0.243 e. The average Bonchev–Trinajstić information content (AvgIpc) is 2.71. The van der Waals surface area contributed by atoms with Crippen LogP contribution in [0.15, 0.2) is 35.2 Å². The summed E-state index contributed by atoms with van der Waals surface area (Å²) in [6.45, 7) is 8.05. The van der Waals surface area contributed by atoms with Crippen LogP contribution in [0.2, 0.25) is 0 Å². The van der Waals surface area contributed by atoms with Gasteiger partial charge < -0.3 is 14.8 Å². The molecule has 0 fully saturated rings. The van der Waals surface area contributed by atoms with Crippen LogP contribution < -0.4 is 14.8 Å². The van der Waals surface area contributed by atoms with E-state index in [9.17, 15) is 13.2 Å². The van der Waals surface area contributed by atoms with E-state index in [-0.39, 0.29) is 17.2 Å². The summed E-state index contributed by atoms with van der Waals surface area (Å²) in [7, 11) is -0.535. The van der Waals surface area contributed by atoms with Crippen LogP contribution in [0.3, 0.4) is 0 Å². The minimum Gasteiger partial charge on any atom is -0.493 e. The normalized spacial score (nSPS) is 11.4. The monoisotopic (exact) mass is 434 g/mol. The zero-order valence-corrected chi connectivity index (χ0v) is 19.2. The van der Waals surface area contributed by atoms with Gasteiger partial charge in [-0.15, -0.1) is 0 Å². The SMILES string of the molecule is CCN(CC)S(=O)(=O)c1cc(C)c(C)c(NC(=O)Cc2ccc(OC)c(OC)c2)c1. The van der Waals surface area contributed by atoms with Crippen molar-refractivity contribution in [1.29, 1.82) is 0 Å². The number of nitrogens with zero attached hydrogens (tertiary/aromatic N) is 1. The smallest absolute Gasteiger partial charge is 0.243 e. The van der Waals surface area contributed by atoms with Gasteiger partial charge in [0.05, 0.1) is 25.5 Å². The quantitative estimate of drug-likeness (QED) is 0.653. The summed E-state index contributed by atoms with van der Waals surface area (Å²) in [5.74, 6) is 0.881. The molecule has 0 aromatic heterocycles. The second-order valence-corrected chi connectivity index (χ2v) is 8.85. The molecule has 0 bridgehead atoms. The van der Waals surface area contributed by atoms with E-state index in [0.29, 0.717) is 30.3 Å². The van der Waals surface area contributed by atoms with E-state index in [2.05, 4.69) is 5.32 Å². The Kier molecular flexibility index (Phi) is 7.86. The number of ether oxygens (including phenoxy) is 2. The van der Waals surface area contributed by atoms with Gasteiger partial charge in [-0.2, -0.15) is 4.31 Å². The molecule has 0 heterocycles. The van der Waals surface area contributed by atoms with Crippen LogP contribution in [0, 0.1) is 13.8 Å². The Hall–Kier alpha value is -2.58. The van der Waals surface area contributed by atoms with Gasteiger partial charge in [0.1, 0.15) is 0 Å². The molecule has 0 unspecified atom stereocenters. The highest BCUT2D eigenvalue weighted by molar-refractivity contribution is 7.89. The number of hydrogen-bond acceptors (Lipinski definition) is 5. The van der Waals surface area contributed by atoms with Crippen LogP contribution >= 0.6 is 0 Å². The lowest BCUT2D eigenvalue weighted by Crippen LogP contribution is -2.30. The number of methoxy groups -OCH3 is 2. The summed E-state index contributed by atoms with van der Waals surface area (Å²) < 4.78 is 37.7. The molecule has 164 valence electrons. The number of anilines is 1. The Labute approximate surface area is 179 Å². The Morgan fingerprint density at radius 1 is 1.00 bits per heavy atom. The number of aryl methyl sites for hydroxylation is 1. The van der Waals surface area contributed by atoms with Gasteiger partial charge in [-0.1, -0.05) is 19.9 Å². The summed E-state index contributed by atoms with van der Waals surface area (Å²) in [4.78, 5) is 12.8. The van der Waals surface area contributed by atoms with Gasteiger partial charge in [0.15, 0.2) is 11.5 Å². The lowest BCUT2D eigenvalue weighted by Gasteiger charge is -2.20. The van der Waals surface area contributed by atoms with E-state index in [4.69, 9.17) is 9.47 Å². The third kappa shape index (κ3) is 5.12. The summed E-state index contributed by atoms with van der Waals surface area (Å²) in [6, 6.07) is 8.46. The molecule has 2 aromatic carbocycles. The lowest BCUT2D eigenvalue weighted by molar-refractivity contribution is -0.115. The third-order valence-corrected chi connectivity index (χ3v) is 7.10. The minimum absolute atomic E-state index is 0.117. The summed E-state index contributed by atoms with van der Waals surface area (Å²) in [6.07, 6.45) is 0.117. The molecule has 8 heteroatoms. The molecular formula is C22H30N2O5S. The summed E-state index contributed by atoms with van der Waals surface area (Å²) in [5, 5.41) is 2.86. The number of amides is 1. The molecule has 1 amide bonds. The van der Waals surface area contributed by atoms with Crippen LogP contribution in [0.4, 0.5) is 5.69 Å². The van der Waals surface area contributed by atoms with Crippen LogP contribution in [-0.4, -0.2) is 45.9 Å². The minimum atomic E-state index is -3.62. The fourth-order valence-corrected chi connectivity index (χ4v) is 4.76. The molecule has 0 spiro atoms. The van der Waals surface area contributed by atoms with Crippen molar-refractivity contribution in [2.45, 2.75) is 39.0 Å². The zero-order valence-electron chi connectivity index (χ0n) is 18.4. The summed E-state index contributed by atoms with van der Waals surface area (Å²) >= 11 is 0. The number of sulfonamides is 1. The van der Waals surface area contributed by atoms with Crippen molar-refractivity contribution >= 4 is 21.6 Å².